The minimum atomic E-state index is -4.15. The van der Waals surface area contributed by atoms with Gasteiger partial charge in [0.05, 0.1) is 9.92 Å². The molecule has 0 saturated carbocycles. The fourth-order valence-corrected chi connectivity index (χ4v) is 2.70. The van der Waals surface area contributed by atoms with E-state index in [4.69, 9.17) is 16.3 Å². The molecule has 10 heteroatoms. The Morgan fingerprint density at radius 1 is 1.12 bits per heavy atom. The van der Waals surface area contributed by atoms with Crippen molar-refractivity contribution in [1.82, 2.24) is 10.3 Å². The number of carbonyl (C=O) groups is 1. The Kier molecular flexibility index (Phi) is 5.71. The van der Waals surface area contributed by atoms with Gasteiger partial charge in [0.2, 0.25) is 0 Å². The molecule has 0 unspecified atom stereocenters. The van der Waals surface area contributed by atoms with Crippen LogP contribution in [0.3, 0.4) is 0 Å². The molecule has 2 aromatic rings. The van der Waals surface area contributed by atoms with Crippen molar-refractivity contribution in [2.24, 2.45) is 0 Å². The topological polar surface area (TPSA) is 84.5 Å². The number of nitrogens with one attached hydrogen (secondary N) is 2. The van der Waals surface area contributed by atoms with Crippen molar-refractivity contribution in [3.63, 3.8) is 0 Å². The average molecular weight is 377 g/mol. The molecule has 128 valence electrons. The van der Waals surface area contributed by atoms with E-state index in [1.807, 2.05) is 5.43 Å². The number of amides is 1. The normalized spacial score (nSPS) is 11.1. The van der Waals surface area contributed by atoms with Crippen molar-refractivity contribution < 1.29 is 26.7 Å². The van der Waals surface area contributed by atoms with Crippen LogP contribution in [0.5, 0.6) is 5.75 Å². The van der Waals surface area contributed by atoms with Crippen molar-refractivity contribution in [2.75, 3.05) is 6.61 Å². The van der Waals surface area contributed by atoms with Crippen LogP contribution in [0.4, 0.5) is 8.78 Å². The molecule has 0 spiro atoms. The van der Waals surface area contributed by atoms with Gasteiger partial charge in [-0.2, -0.15) is 0 Å². The fourth-order valence-electron chi connectivity index (χ4n) is 1.57. The summed E-state index contributed by atoms with van der Waals surface area (Å²) in [7, 11) is -4.15. The van der Waals surface area contributed by atoms with Gasteiger partial charge in [0.25, 0.3) is 15.9 Å². The number of para-hydroxylation sites is 1. The molecule has 0 radical (unpaired) electrons. The first kappa shape index (κ1) is 18.1. The third-order valence-electron chi connectivity index (χ3n) is 2.72. The largest absolute Gasteiger partial charge is 0.481 e. The highest BCUT2D eigenvalue weighted by Crippen LogP contribution is 2.19. The number of rotatable bonds is 6. The molecule has 0 aliphatic rings. The first-order valence-electron chi connectivity index (χ1n) is 6.42. The van der Waals surface area contributed by atoms with Crippen LogP contribution in [0.1, 0.15) is 0 Å². The second kappa shape index (κ2) is 7.56. The minimum Gasteiger partial charge on any atom is -0.481 e. The molecule has 2 aromatic carbocycles. The number of sulfonamides is 1. The van der Waals surface area contributed by atoms with Gasteiger partial charge in [-0.3, -0.25) is 10.2 Å². The van der Waals surface area contributed by atoms with Crippen LogP contribution >= 0.6 is 11.6 Å². The Hall–Kier alpha value is -2.23. The zero-order valence-corrected chi connectivity index (χ0v) is 13.5. The molecule has 0 fully saturated rings. The van der Waals surface area contributed by atoms with E-state index in [9.17, 15) is 22.0 Å². The Labute approximate surface area is 141 Å². The lowest BCUT2D eigenvalue weighted by Crippen LogP contribution is -2.43. The van der Waals surface area contributed by atoms with Gasteiger partial charge in [-0.25, -0.2) is 17.2 Å². The molecule has 0 saturated heterocycles. The predicted molar refractivity (Wildman–Crippen MR) is 81.8 cm³/mol. The molecule has 0 aliphatic heterocycles. The number of carbonyl (C=O) groups excluding carboxylic acids is 1. The molecular weight excluding hydrogens is 366 g/mol. The van der Waals surface area contributed by atoms with Crippen molar-refractivity contribution in [3.8, 4) is 5.75 Å². The first-order chi connectivity index (χ1) is 11.3. The summed E-state index contributed by atoms with van der Waals surface area (Å²) in [5.74, 6) is -2.46. The lowest BCUT2D eigenvalue weighted by molar-refractivity contribution is -0.123. The average Bonchev–Trinajstić information content (AvgIpc) is 2.54. The van der Waals surface area contributed by atoms with Crippen LogP contribution in [0.15, 0.2) is 47.4 Å². The van der Waals surface area contributed by atoms with E-state index in [-0.39, 0.29) is 15.7 Å². The number of hydrazine groups is 1. The lowest BCUT2D eigenvalue weighted by Gasteiger charge is -2.10. The highest BCUT2D eigenvalue weighted by Gasteiger charge is 2.17. The monoisotopic (exact) mass is 376 g/mol. The molecular formula is C14H11ClF2N2O4S. The molecule has 0 bridgehead atoms. The summed E-state index contributed by atoms with van der Waals surface area (Å²) in [6.45, 7) is -0.617. The van der Waals surface area contributed by atoms with Crippen LogP contribution in [0.2, 0.25) is 5.02 Å². The van der Waals surface area contributed by atoms with Gasteiger partial charge in [0.15, 0.2) is 18.2 Å². The van der Waals surface area contributed by atoms with Gasteiger partial charge >= 0.3 is 0 Å². The van der Waals surface area contributed by atoms with Crippen molar-refractivity contribution >= 4 is 27.5 Å². The number of hydrogen-bond acceptors (Lipinski definition) is 4. The Morgan fingerprint density at radius 2 is 1.83 bits per heavy atom. The maximum atomic E-state index is 13.3. The van der Waals surface area contributed by atoms with Gasteiger partial charge in [0, 0.05) is 0 Å². The molecule has 0 heterocycles. The van der Waals surface area contributed by atoms with Gasteiger partial charge < -0.3 is 4.74 Å². The molecule has 0 atom stereocenters. The summed E-state index contributed by atoms with van der Waals surface area (Å²) >= 11 is 5.50. The quantitative estimate of drug-likeness (QED) is 0.755. The molecule has 24 heavy (non-hydrogen) atoms. The second-order valence-electron chi connectivity index (χ2n) is 4.45. The van der Waals surface area contributed by atoms with Crippen molar-refractivity contribution in [1.29, 1.82) is 0 Å². The van der Waals surface area contributed by atoms with Gasteiger partial charge in [-0.05, 0) is 30.3 Å². The summed E-state index contributed by atoms with van der Waals surface area (Å²) in [6, 6.07) is 8.16. The summed E-state index contributed by atoms with van der Waals surface area (Å²) in [5.41, 5.74) is 1.88. The molecule has 0 aliphatic carbocycles. The van der Waals surface area contributed by atoms with E-state index < -0.39 is 34.2 Å². The second-order valence-corrected chi connectivity index (χ2v) is 6.54. The molecule has 1 amide bonds. The van der Waals surface area contributed by atoms with E-state index >= 15 is 0 Å². The van der Waals surface area contributed by atoms with Crippen LogP contribution < -0.4 is 15.0 Å². The van der Waals surface area contributed by atoms with Crippen molar-refractivity contribution in [2.45, 2.75) is 4.90 Å². The fraction of sp³-hybridized carbons (Fsp3) is 0.0714. The Bertz CT molecular complexity index is 862. The standard InChI is InChI=1S/C14H11ClF2N2O4S/c15-10-7-9(5-6-11(10)16)24(21,22)19-18-14(20)8-23-13-4-2-1-3-12(13)17/h1-7,19H,8H2,(H,18,20). The Balaban J connectivity index is 1.93. The summed E-state index contributed by atoms with van der Waals surface area (Å²) < 4.78 is 55.1. The molecule has 0 aromatic heterocycles. The summed E-state index contributed by atoms with van der Waals surface area (Å²) in [4.78, 5) is 13.0. The van der Waals surface area contributed by atoms with Crippen LogP contribution in [-0.4, -0.2) is 20.9 Å². The minimum absolute atomic E-state index is 0.152. The SMILES string of the molecule is O=C(COc1ccccc1F)NNS(=O)(=O)c1ccc(F)c(Cl)c1. The third-order valence-corrected chi connectivity index (χ3v) is 4.26. The maximum Gasteiger partial charge on any atom is 0.272 e. The predicted octanol–water partition coefficient (Wildman–Crippen LogP) is 2.01. The smallest absolute Gasteiger partial charge is 0.272 e. The first-order valence-corrected chi connectivity index (χ1v) is 8.29. The highest BCUT2D eigenvalue weighted by atomic mass is 35.5. The van der Waals surface area contributed by atoms with Crippen LogP contribution in [0.25, 0.3) is 0 Å². The van der Waals surface area contributed by atoms with Crippen molar-refractivity contribution in [3.05, 3.63) is 59.1 Å². The number of hydrogen-bond donors (Lipinski definition) is 2. The third kappa shape index (κ3) is 4.63. The van der Waals surface area contributed by atoms with Gasteiger partial charge in [0.1, 0.15) is 5.82 Å². The molecule has 2 N–H and O–H groups in total. The van der Waals surface area contributed by atoms with E-state index in [1.54, 1.807) is 4.83 Å². The zero-order valence-electron chi connectivity index (χ0n) is 11.9. The summed E-state index contributed by atoms with van der Waals surface area (Å²) in [6.07, 6.45) is 0. The van der Waals surface area contributed by atoms with Crippen LogP contribution in [0, 0.1) is 11.6 Å². The van der Waals surface area contributed by atoms with E-state index in [0.29, 0.717) is 0 Å². The van der Waals surface area contributed by atoms with E-state index in [0.717, 1.165) is 24.3 Å². The number of ether oxygens (including phenoxy) is 1. The highest BCUT2D eigenvalue weighted by molar-refractivity contribution is 7.89. The van der Waals surface area contributed by atoms with Gasteiger partial charge in [-0.15, -0.1) is 4.83 Å². The number of halogens is 3. The molecule has 6 nitrogen and oxygen atoms in total. The zero-order chi connectivity index (χ0) is 17.7. The Morgan fingerprint density at radius 3 is 2.50 bits per heavy atom. The van der Waals surface area contributed by atoms with Crippen LogP contribution in [-0.2, 0) is 14.8 Å². The molecule has 2 rings (SSSR count). The van der Waals surface area contributed by atoms with Gasteiger partial charge in [-0.1, -0.05) is 23.7 Å². The lowest BCUT2D eigenvalue weighted by atomic mass is 10.3. The van der Waals surface area contributed by atoms with E-state index in [2.05, 4.69) is 0 Å². The summed E-state index contributed by atoms with van der Waals surface area (Å²) in [5, 5.41) is -0.382. The number of benzene rings is 2. The maximum absolute atomic E-state index is 13.3. The van der Waals surface area contributed by atoms with E-state index in [1.165, 1.54) is 18.2 Å².